The maximum Gasteiger partial charge on any atom is 0.271 e. The SMILES string of the molecule is COc1ccc(C)cc1Nc1cnc(C(=O)NC(C)c2ccccc2)cn1. The maximum atomic E-state index is 12.4. The number of rotatable bonds is 6. The molecule has 2 N–H and O–H groups in total. The molecular weight excluding hydrogens is 340 g/mol. The van der Waals surface area contributed by atoms with Crippen molar-refractivity contribution in [1.82, 2.24) is 15.3 Å². The Balaban J connectivity index is 1.68. The van der Waals surface area contributed by atoms with Crippen molar-refractivity contribution in [3.8, 4) is 5.75 Å². The maximum absolute atomic E-state index is 12.4. The Bertz CT molecular complexity index is 911. The molecule has 138 valence electrons. The van der Waals surface area contributed by atoms with Crippen molar-refractivity contribution in [2.75, 3.05) is 12.4 Å². The smallest absolute Gasteiger partial charge is 0.271 e. The predicted octanol–water partition coefficient (Wildman–Crippen LogP) is 4.03. The van der Waals surface area contributed by atoms with Crippen molar-refractivity contribution >= 4 is 17.4 Å². The van der Waals surface area contributed by atoms with Crippen LogP contribution in [-0.2, 0) is 0 Å². The Morgan fingerprint density at radius 3 is 2.52 bits per heavy atom. The summed E-state index contributed by atoms with van der Waals surface area (Å²) < 4.78 is 5.35. The molecule has 0 fully saturated rings. The molecule has 6 heteroatoms. The number of carbonyl (C=O) groups is 1. The van der Waals surface area contributed by atoms with E-state index in [4.69, 9.17) is 4.74 Å². The lowest BCUT2D eigenvalue weighted by atomic mass is 10.1. The van der Waals surface area contributed by atoms with E-state index in [2.05, 4.69) is 20.6 Å². The second-order valence-corrected chi connectivity index (χ2v) is 6.22. The van der Waals surface area contributed by atoms with Gasteiger partial charge in [0.15, 0.2) is 0 Å². The van der Waals surface area contributed by atoms with Gasteiger partial charge in [-0.3, -0.25) is 4.79 Å². The van der Waals surface area contributed by atoms with Crippen LogP contribution in [0, 0.1) is 6.92 Å². The largest absolute Gasteiger partial charge is 0.495 e. The van der Waals surface area contributed by atoms with Gasteiger partial charge in [-0.15, -0.1) is 0 Å². The van der Waals surface area contributed by atoms with Gasteiger partial charge in [0.2, 0.25) is 0 Å². The number of ether oxygens (including phenoxy) is 1. The summed E-state index contributed by atoms with van der Waals surface area (Å²) in [6, 6.07) is 15.5. The van der Waals surface area contributed by atoms with Gasteiger partial charge < -0.3 is 15.4 Å². The minimum Gasteiger partial charge on any atom is -0.495 e. The highest BCUT2D eigenvalue weighted by atomic mass is 16.5. The molecule has 0 radical (unpaired) electrons. The molecule has 1 aromatic heterocycles. The standard InChI is InChI=1S/C21H22N4O2/c1-14-9-10-19(27-3)17(11-14)25-20-13-22-18(12-23-20)21(26)24-15(2)16-7-5-4-6-8-16/h4-13,15H,1-3H3,(H,23,25)(H,24,26). The topological polar surface area (TPSA) is 76.1 Å². The fourth-order valence-electron chi connectivity index (χ4n) is 2.66. The zero-order chi connectivity index (χ0) is 19.2. The zero-order valence-corrected chi connectivity index (χ0v) is 15.6. The molecule has 1 amide bonds. The van der Waals surface area contributed by atoms with Crippen LogP contribution in [0.1, 0.15) is 34.6 Å². The molecule has 1 heterocycles. The van der Waals surface area contributed by atoms with Crippen molar-refractivity contribution in [2.45, 2.75) is 19.9 Å². The van der Waals surface area contributed by atoms with Crippen LogP contribution >= 0.6 is 0 Å². The van der Waals surface area contributed by atoms with Crippen molar-refractivity contribution in [3.05, 3.63) is 77.7 Å². The third-order valence-electron chi connectivity index (χ3n) is 4.15. The summed E-state index contributed by atoms with van der Waals surface area (Å²) in [5.74, 6) is 0.978. The van der Waals surface area contributed by atoms with Crippen LogP contribution < -0.4 is 15.4 Å². The molecule has 0 spiro atoms. The van der Waals surface area contributed by atoms with Crippen LogP contribution in [0.5, 0.6) is 5.75 Å². The minimum absolute atomic E-state index is 0.116. The fraction of sp³-hybridized carbons (Fsp3) is 0.190. The summed E-state index contributed by atoms with van der Waals surface area (Å²) in [5, 5.41) is 6.09. The number of carbonyl (C=O) groups excluding carboxylic acids is 1. The quantitative estimate of drug-likeness (QED) is 0.692. The number of amides is 1. The van der Waals surface area contributed by atoms with Gasteiger partial charge >= 0.3 is 0 Å². The van der Waals surface area contributed by atoms with Gasteiger partial charge in [0.05, 0.1) is 31.2 Å². The Kier molecular flexibility index (Phi) is 5.66. The van der Waals surface area contributed by atoms with E-state index in [1.165, 1.54) is 12.4 Å². The van der Waals surface area contributed by atoms with Gasteiger partial charge in [-0.25, -0.2) is 9.97 Å². The van der Waals surface area contributed by atoms with Gasteiger partial charge in [0, 0.05) is 0 Å². The first-order valence-corrected chi connectivity index (χ1v) is 8.66. The van der Waals surface area contributed by atoms with Crippen molar-refractivity contribution < 1.29 is 9.53 Å². The lowest BCUT2D eigenvalue weighted by Gasteiger charge is -2.14. The van der Waals surface area contributed by atoms with Crippen LogP contribution in [0.3, 0.4) is 0 Å². The summed E-state index contributed by atoms with van der Waals surface area (Å²) in [4.78, 5) is 20.9. The highest BCUT2D eigenvalue weighted by Gasteiger charge is 2.13. The molecule has 0 aliphatic carbocycles. The molecule has 0 saturated carbocycles. The average Bonchev–Trinajstić information content (AvgIpc) is 2.69. The normalized spacial score (nSPS) is 11.5. The van der Waals surface area contributed by atoms with Gasteiger partial charge in [-0.1, -0.05) is 36.4 Å². The number of methoxy groups -OCH3 is 1. The lowest BCUT2D eigenvalue weighted by molar-refractivity contribution is 0.0934. The van der Waals surface area contributed by atoms with Gasteiger partial charge in [0.1, 0.15) is 17.3 Å². The molecule has 3 aromatic rings. The first-order chi connectivity index (χ1) is 13.1. The number of nitrogens with one attached hydrogen (secondary N) is 2. The third-order valence-corrected chi connectivity index (χ3v) is 4.15. The van der Waals surface area contributed by atoms with E-state index in [0.29, 0.717) is 11.6 Å². The van der Waals surface area contributed by atoms with Crippen molar-refractivity contribution in [3.63, 3.8) is 0 Å². The van der Waals surface area contributed by atoms with Gasteiger partial charge in [-0.05, 0) is 37.1 Å². The molecule has 3 rings (SSSR count). The second-order valence-electron chi connectivity index (χ2n) is 6.22. The van der Waals surface area contributed by atoms with Crippen molar-refractivity contribution in [2.24, 2.45) is 0 Å². The Morgan fingerprint density at radius 1 is 1.07 bits per heavy atom. The first kappa shape index (κ1) is 18.4. The molecule has 0 aliphatic heterocycles. The molecule has 27 heavy (non-hydrogen) atoms. The van der Waals surface area contributed by atoms with E-state index < -0.39 is 0 Å². The van der Waals surface area contributed by atoms with Gasteiger partial charge in [-0.2, -0.15) is 0 Å². The summed E-state index contributed by atoms with van der Waals surface area (Å²) in [6.45, 7) is 3.93. The molecule has 6 nitrogen and oxygen atoms in total. The van der Waals surface area contributed by atoms with E-state index in [1.807, 2.05) is 62.4 Å². The van der Waals surface area contributed by atoms with Crippen LogP contribution in [0.15, 0.2) is 60.9 Å². The Hall–Kier alpha value is -3.41. The van der Waals surface area contributed by atoms with Crippen LogP contribution in [0.2, 0.25) is 0 Å². The number of anilines is 2. The number of hydrogen-bond acceptors (Lipinski definition) is 5. The molecule has 1 unspecified atom stereocenters. The van der Waals surface area contributed by atoms with E-state index >= 15 is 0 Å². The van der Waals surface area contributed by atoms with Crippen LogP contribution in [-0.4, -0.2) is 23.0 Å². The minimum atomic E-state index is -0.265. The summed E-state index contributed by atoms with van der Waals surface area (Å²) in [5.41, 5.74) is 3.18. The predicted molar refractivity (Wildman–Crippen MR) is 105 cm³/mol. The van der Waals surface area contributed by atoms with Gasteiger partial charge in [0.25, 0.3) is 5.91 Å². The number of nitrogens with zero attached hydrogens (tertiary/aromatic N) is 2. The number of benzene rings is 2. The zero-order valence-electron chi connectivity index (χ0n) is 15.6. The first-order valence-electron chi connectivity index (χ1n) is 8.66. The third kappa shape index (κ3) is 4.61. The van der Waals surface area contributed by atoms with E-state index in [-0.39, 0.29) is 17.6 Å². The van der Waals surface area contributed by atoms with Crippen LogP contribution in [0.25, 0.3) is 0 Å². The molecule has 2 aromatic carbocycles. The highest BCUT2D eigenvalue weighted by molar-refractivity contribution is 5.92. The molecule has 0 bridgehead atoms. The number of aromatic nitrogens is 2. The van der Waals surface area contributed by atoms with E-state index in [1.54, 1.807) is 7.11 Å². The highest BCUT2D eigenvalue weighted by Crippen LogP contribution is 2.27. The number of aryl methyl sites for hydroxylation is 1. The summed E-state index contributed by atoms with van der Waals surface area (Å²) in [7, 11) is 1.61. The molecule has 0 saturated heterocycles. The second kappa shape index (κ2) is 8.31. The van der Waals surface area contributed by atoms with Crippen molar-refractivity contribution in [1.29, 1.82) is 0 Å². The fourth-order valence-corrected chi connectivity index (χ4v) is 2.66. The lowest BCUT2D eigenvalue weighted by Crippen LogP contribution is -2.27. The monoisotopic (exact) mass is 362 g/mol. The van der Waals surface area contributed by atoms with E-state index in [9.17, 15) is 4.79 Å². The molecule has 0 aliphatic rings. The summed E-state index contributed by atoms with van der Waals surface area (Å²) in [6.07, 6.45) is 2.99. The average molecular weight is 362 g/mol. The molecular formula is C21H22N4O2. The van der Waals surface area contributed by atoms with Crippen LogP contribution in [0.4, 0.5) is 11.5 Å². The Labute approximate surface area is 158 Å². The molecule has 1 atom stereocenters. The number of hydrogen-bond donors (Lipinski definition) is 2. The van der Waals surface area contributed by atoms with E-state index in [0.717, 1.165) is 16.8 Å². The summed E-state index contributed by atoms with van der Waals surface area (Å²) >= 11 is 0. The Morgan fingerprint density at radius 2 is 1.85 bits per heavy atom.